The zero-order valence-corrected chi connectivity index (χ0v) is 17.9. The number of nitrogens with one attached hydrogen (secondary N) is 1. The third kappa shape index (κ3) is 5.09. The molecule has 0 aliphatic rings. The first-order chi connectivity index (χ1) is 12.7. The number of rotatable bonds is 5. The molecule has 142 valence electrons. The Morgan fingerprint density at radius 1 is 1.33 bits per heavy atom. The summed E-state index contributed by atoms with van der Waals surface area (Å²) in [4.78, 5) is 32.0. The van der Waals surface area contributed by atoms with Crippen LogP contribution in [0.15, 0.2) is 39.2 Å². The molecule has 8 nitrogen and oxygen atoms in total. The predicted molar refractivity (Wildman–Crippen MR) is 108 cm³/mol. The van der Waals surface area contributed by atoms with Crippen molar-refractivity contribution < 1.29 is 18.0 Å². The Balaban J connectivity index is 1.73. The maximum atomic E-state index is 12.1. The van der Waals surface area contributed by atoms with E-state index in [1.165, 1.54) is 28.9 Å². The summed E-state index contributed by atoms with van der Waals surface area (Å²) in [5.41, 5.74) is 0.875. The van der Waals surface area contributed by atoms with Crippen molar-refractivity contribution in [2.75, 3.05) is 16.8 Å². The Bertz CT molecular complexity index is 1180. The second-order valence-electron chi connectivity index (χ2n) is 5.48. The van der Waals surface area contributed by atoms with Crippen molar-refractivity contribution in [3.05, 3.63) is 39.1 Å². The monoisotopic (exact) mass is 488 g/mol. The van der Waals surface area contributed by atoms with E-state index in [-0.39, 0.29) is 0 Å². The lowest BCUT2D eigenvalue weighted by Gasteiger charge is -2.02. The summed E-state index contributed by atoms with van der Waals surface area (Å²) in [5.74, 6) is -3.21. The summed E-state index contributed by atoms with van der Waals surface area (Å²) in [5, 5.41) is 4.32. The van der Waals surface area contributed by atoms with Gasteiger partial charge in [0.25, 0.3) is 5.91 Å². The van der Waals surface area contributed by atoms with Crippen LogP contribution in [-0.2, 0) is 26.5 Å². The molecule has 0 atom stereocenters. The molecule has 1 N–H and O–H groups in total. The van der Waals surface area contributed by atoms with Gasteiger partial charge in [-0.05, 0) is 18.2 Å². The summed E-state index contributed by atoms with van der Waals surface area (Å²) in [6.45, 7) is 0. The fraction of sp³-hybridized carbons (Fsp3) is 0.200. The van der Waals surface area contributed by atoms with Gasteiger partial charge in [-0.15, -0.1) is 11.3 Å². The molecule has 0 fully saturated rings. The number of amides is 2. The van der Waals surface area contributed by atoms with Crippen molar-refractivity contribution in [2.45, 2.75) is 0 Å². The van der Waals surface area contributed by atoms with Crippen LogP contribution in [0.3, 0.4) is 0 Å². The number of aromatic nitrogens is 2. The van der Waals surface area contributed by atoms with Crippen LogP contribution in [0.1, 0.15) is 0 Å². The van der Waals surface area contributed by atoms with Crippen LogP contribution in [0, 0.1) is 0 Å². The maximum Gasteiger partial charge on any atom is 0.263 e. The first-order valence-electron chi connectivity index (χ1n) is 7.46. The molecule has 2 heterocycles. The number of hydrogen-bond acceptors (Lipinski definition) is 7. The lowest BCUT2D eigenvalue weighted by molar-refractivity contribution is -0.115. The van der Waals surface area contributed by atoms with E-state index < -0.39 is 33.2 Å². The number of benzene rings is 1. The van der Waals surface area contributed by atoms with Crippen LogP contribution in [0.5, 0.6) is 0 Å². The summed E-state index contributed by atoms with van der Waals surface area (Å²) in [6, 6.07) is 5.63. The summed E-state index contributed by atoms with van der Waals surface area (Å²) < 4.78 is 27.7. The second kappa shape index (κ2) is 8.00. The molecular formula is C15H13BrN4O4S3. The molecule has 0 spiro atoms. The van der Waals surface area contributed by atoms with Gasteiger partial charge < -0.3 is 9.88 Å². The maximum absolute atomic E-state index is 12.1. The lowest BCUT2D eigenvalue weighted by Crippen LogP contribution is -2.28. The molecule has 0 saturated carbocycles. The Labute approximate surface area is 170 Å². The number of sulfone groups is 1. The quantitative estimate of drug-likeness (QED) is 0.589. The number of hydrogen-bond donors (Lipinski definition) is 1. The fourth-order valence-electron chi connectivity index (χ4n) is 2.23. The van der Waals surface area contributed by atoms with Gasteiger partial charge in [0.15, 0.2) is 19.8 Å². The van der Waals surface area contributed by atoms with Gasteiger partial charge in [0.2, 0.25) is 5.91 Å². The molecular weight excluding hydrogens is 476 g/mol. The molecule has 3 rings (SSSR count). The molecule has 0 radical (unpaired) electrons. The van der Waals surface area contributed by atoms with Gasteiger partial charge in [0.1, 0.15) is 11.5 Å². The normalized spacial score (nSPS) is 12.4. The van der Waals surface area contributed by atoms with Crippen molar-refractivity contribution >= 4 is 75.6 Å². The van der Waals surface area contributed by atoms with E-state index in [4.69, 9.17) is 0 Å². The number of nitrogens with zero attached hydrogens (tertiary/aromatic N) is 3. The van der Waals surface area contributed by atoms with E-state index in [9.17, 15) is 18.0 Å². The van der Waals surface area contributed by atoms with Gasteiger partial charge in [-0.2, -0.15) is 4.99 Å². The highest BCUT2D eigenvalue weighted by molar-refractivity contribution is 9.10. The SMILES string of the molecule is Cn1c(=NC(=O)CS(=O)(=O)CC(=O)Nc2nccs2)sc2cc(Br)ccc21. The first kappa shape index (κ1) is 19.9. The van der Waals surface area contributed by atoms with Crippen molar-refractivity contribution in [3.8, 4) is 0 Å². The Kier molecular flexibility index (Phi) is 5.89. The van der Waals surface area contributed by atoms with Crippen LogP contribution in [0.4, 0.5) is 5.13 Å². The number of halogens is 1. The van der Waals surface area contributed by atoms with Gasteiger partial charge >= 0.3 is 0 Å². The Morgan fingerprint density at radius 3 is 2.81 bits per heavy atom. The zero-order chi connectivity index (χ0) is 19.6. The highest BCUT2D eigenvalue weighted by atomic mass is 79.9. The van der Waals surface area contributed by atoms with E-state index >= 15 is 0 Å². The second-order valence-corrected chi connectivity index (χ2v) is 10.4. The third-order valence-corrected chi connectivity index (χ3v) is 7.03. The zero-order valence-electron chi connectivity index (χ0n) is 13.9. The van der Waals surface area contributed by atoms with Crippen molar-refractivity contribution in [1.82, 2.24) is 9.55 Å². The molecule has 0 bridgehead atoms. The van der Waals surface area contributed by atoms with Gasteiger partial charge in [-0.25, -0.2) is 13.4 Å². The van der Waals surface area contributed by atoms with Crippen LogP contribution in [-0.4, -0.2) is 41.3 Å². The topological polar surface area (TPSA) is 110 Å². The number of anilines is 1. The molecule has 0 saturated heterocycles. The van der Waals surface area contributed by atoms with E-state index in [0.717, 1.165) is 14.7 Å². The fourth-order valence-corrected chi connectivity index (χ4v) is 5.38. The van der Waals surface area contributed by atoms with Crippen molar-refractivity contribution in [1.29, 1.82) is 0 Å². The summed E-state index contributed by atoms with van der Waals surface area (Å²) >= 11 is 5.82. The van der Waals surface area contributed by atoms with Crippen LogP contribution < -0.4 is 10.1 Å². The van der Waals surface area contributed by atoms with Crippen LogP contribution >= 0.6 is 38.6 Å². The minimum atomic E-state index is -3.94. The average molecular weight is 489 g/mol. The third-order valence-electron chi connectivity index (χ3n) is 3.36. The van der Waals surface area contributed by atoms with Gasteiger partial charge in [0.05, 0.1) is 10.2 Å². The highest BCUT2D eigenvalue weighted by Gasteiger charge is 2.21. The minimum Gasteiger partial charge on any atom is -0.319 e. The van der Waals surface area contributed by atoms with E-state index in [2.05, 4.69) is 31.2 Å². The summed E-state index contributed by atoms with van der Waals surface area (Å²) in [6.07, 6.45) is 1.49. The van der Waals surface area contributed by atoms with Gasteiger partial charge in [-0.1, -0.05) is 27.3 Å². The number of fused-ring (bicyclic) bond motifs is 1. The predicted octanol–water partition coefficient (Wildman–Crippen LogP) is 1.94. The van der Waals surface area contributed by atoms with Crippen LogP contribution in [0.25, 0.3) is 10.2 Å². The minimum absolute atomic E-state index is 0.301. The molecule has 0 aliphatic heterocycles. The number of aryl methyl sites for hydroxylation is 1. The number of thiazole rings is 2. The average Bonchev–Trinajstić information content (AvgIpc) is 3.14. The molecule has 1 aromatic carbocycles. The number of carbonyl (C=O) groups excluding carboxylic acids is 2. The molecule has 12 heteroatoms. The summed E-state index contributed by atoms with van der Waals surface area (Å²) in [7, 11) is -2.20. The first-order valence-corrected chi connectivity index (χ1v) is 11.8. The number of carbonyl (C=O) groups is 2. The Morgan fingerprint density at radius 2 is 2.11 bits per heavy atom. The largest absolute Gasteiger partial charge is 0.319 e. The molecule has 27 heavy (non-hydrogen) atoms. The van der Waals surface area contributed by atoms with Crippen LogP contribution in [0.2, 0.25) is 0 Å². The lowest BCUT2D eigenvalue weighted by atomic mass is 10.3. The van der Waals surface area contributed by atoms with Crippen molar-refractivity contribution in [3.63, 3.8) is 0 Å². The van der Waals surface area contributed by atoms with E-state index in [1.807, 2.05) is 18.2 Å². The highest BCUT2D eigenvalue weighted by Crippen LogP contribution is 2.21. The van der Waals surface area contributed by atoms with Gasteiger partial charge in [-0.3, -0.25) is 9.59 Å². The van der Waals surface area contributed by atoms with Gasteiger partial charge in [0, 0.05) is 23.1 Å². The van der Waals surface area contributed by atoms with E-state index in [1.54, 1.807) is 17.0 Å². The Hall–Kier alpha value is -1.89. The molecule has 2 amide bonds. The molecule has 2 aromatic heterocycles. The molecule has 0 unspecified atom stereocenters. The van der Waals surface area contributed by atoms with E-state index in [0.29, 0.717) is 9.93 Å². The molecule has 3 aromatic rings. The standard InChI is InChI=1S/C15H13BrN4O4S3/c1-20-10-3-2-9(16)6-11(10)26-15(20)19-13(22)8-27(23,24)7-12(21)18-14-17-4-5-25-14/h2-6H,7-8H2,1H3,(H,17,18,21). The smallest absolute Gasteiger partial charge is 0.263 e. The molecule has 0 aliphatic carbocycles. The van der Waals surface area contributed by atoms with Crippen molar-refractivity contribution in [2.24, 2.45) is 12.0 Å².